The first-order chi connectivity index (χ1) is 17.2. The van der Waals surface area contributed by atoms with Gasteiger partial charge in [0.05, 0.1) is 0 Å². The van der Waals surface area contributed by atoms with E-state index in [1.807, 2.05) is 12.1 Å². The summed E-state index contributed by atoms with van der Waals surface area (Å²) in [5, 5.41) is 42.5. The van der Waals surface area contributed by atoms with Crippen LogP contribution < -0.4 is 0 Å². The van der Waals surface area contributed by atoms with Crippen LogP contribution in [0.2, 0.25) is 0 Å². The average molecular weight is 487 g/mol. The molecule has 10 rings (SSSR count). The number of aromatic hydroxyl groups is 4. The zero-order valence-electron chi connectivity index (χ0n) is 21.0. The molecule has 0 amide bonds. The molecule has 190 valence electrons. The van der Waals surface area contributed by atoms with Crippen LogP contribution in [-0.4, -0.2) is 20.4 Å². The van der Waals surface area contributed by atoms with Crippen molar-refractivity contribution < 1.29 is 20.4 Å². The van der Waals surface area contributed by atoms with Crippen LogP contribution in [-0.2, 0) is 10.8 Å². The lowest BCUT2D eigenvalue weighted by Gasteiger charge is -2.75. The molecular formula is C32H38O4. The van der Waals surface area contributed by atoms with Gasteiger partial charge in [-0.1, -0.05) is 12.1 Å². The second-order valence-electron chi connectivity index (χ2n) is 14.5. The molecule has 2 atom stereocenters. The van der Waals surface area contributed by atoms with Gasteiger partial charge < -0.3 is 20.4 Å². The van der Waals surface area contributed by atoms with Crippen LogP contribution in [0.15, 0.2) is 36.4 Å². The summed E-state index contributed by atoms with van der Waals surface area (Å²) in [6.07, 6.45) is 15.1. The predicted octanol–water partition coefficient (Wildman–Crippen LogP) is 6.89. The number of phenolic OH excluding ortho intramolecular Hbond substituents is 4. The van der Waals surface area contributed by atoms with Gasteiger partial charge in [0, 0.05) is 34.1 Å². The third-order valence-electron chi connectivity index (χ3n) is 12.3. The normalized spacial score (nSPS) is 45.9. The predicted molar refractivity (Wildman–Crippen MR) is 137 cm³/mol. The second-order valence-corrected chi connectivity index (χ2v) is 14.5. The Balaban J connectivity index is 1.33. The molecule has 4 heteroatoms. The van der Waals surface area contributed by atoms with Crippen molar-refractivity contribution in [2.75, 3.05) is 0 Å². The van der Waals surface area contributed by atoms with E-state index in [2.05, 4.69) is 0 Å². The van der Waals surface area contributed by atoms with E-state index in [4.69, 9.17) is 0 Å². The Labute approximate surface area is 213 Å². The van der Waals surface area contributed by atoms with Gasteiger partial charge in [0.2, 0.25) is 0 Å². The molecule has 2 aromatic carbocycles. The van der Waals surface area contributed by atoms with Crippen molar-refractivity contribution in [2.24, 2.45) is 34.5 Å². The van der Waals surface area contributed by atoms with Crippen molar-refractivity contribution in [1.82, 2.24) is 0 Å². The average Bonchev–Trinajstić information content (AvgIpc) is 2.77. The first-order valence-corrected chi connectivity index (χ1v) is 14.3. The van der Waals surface area contributed by atoms with E-state index >= 15 is 0 Å². The molecule has 8 bridgehead atoms. The first kappa shape index (κ1) is 21.7. The third-order valence-corrected chi connectivity index (χ3v) is 12.3. The molecule has 0 heterocycles. The summed E-state index contributed by atoms with van der Waals surface area (Å²) in [4.78, 5) is 0. The SMILES string of the molecule is Oc1ccc(C23CC4CC(c5ccc(O)cc5O)(C2)CC(C25CC6CC(CC(C6)C2)C5)(C4)C3)c(O)c1. The van der Waals surface area contributed by atoms with Crippen molar-refractivity contribution >= 4 is 0 Å². The van der Waals surface area contributed by atoms with Crippen molar-refractivity contribution in [3.63, 3.8) is 0 Å². The molecule has 4 N–H and O–H groups in total. The Bertz CT molecular complexity index is 1160. The van der Waals surface area contributed by atoms with Gasteiger partial charge >= 0.3 is 0 Å². The summed E-state index contributed by atoms with van der Waals surface area (Å²) in [5.74, 6) is 3.91. The molecule has 8 aliphatic carbocycles. The molecule has 8 saturated carbocycles. The fraction of sp³-hybridized carbons (Fsp3) is 0.625. The zero-order chi connectivity index (χ0) is 24.5. The molecule has 0 aromatic heterocycles. The van der Waals surface area contributed by atoms with Crippen LogP contribution in [0, 0.1) is 34.5 Å². The highest BCUT2D eigenvalue weighted by Crippen LogP contribution is 2.80. The minimum Gasteiger partial charge on any atom is -0.508 e. The second kappa shape index (κ2) is 6.74. The highest BCUT2D eigenvalue weighted by Gasteiger charge is 2.71. The molecule has 36 heavy (non-hydrogen) atoms. The van der Waals surface area contributed by atoms with E-state index in [1.54, 1.807) is 12.1 Å². The van der Waals surface area contributed by atoms with Crippen LogP contribution in [0.5, 0.6) is 23.0 Å². The molecule has 2 aromatic rings. The minimum atomic E-state index is -0.148. The van der Waals surface area contributed by atoms with Crippen LogP contribution >= 0.6 is 0 Å². The minimum absolute atomic E-state index is 0.114. The van der Waals surface area contributed by atoms with E-state index < -0.39 is 0 Å². The number of benzene rings is 2. The maximum atomic E-state index is 11.2. The van der Waals surface area contributed by atoms with E-state index in [9.17, 15) is 20.4 Å². The molecule has 8 fully saturated rings. The smallest absolute Gasteiger partial charge is 0.123 e. The quantitative estimate of drug-likeness (QED) is 0.381. The third kappa shape index (κ3) is 2.71. The Hall–Kier alpha value is -2.36. The maximum Gasteiger partial charge on any atom is 0.123 e. The fourth-order valence-corrected chi connectivity index (χ4v) is 12.3. The van der Waals surface area contributed by atoms with Gasteiger partial charge in [-0.15, -0.1) is 0 Å². The molecular weight excluding hydrogens is 448 g/mol. The van der Waals surface area contributed by atoms with Crippen LogP contribution in [0.3, 0.4) is 0 Å². The van der Waals surface area contributed by atoms with Gasteiger partial charge in [-0.05, 0) is 124 Å². The summed E-state index contributed by atoms with van der Waals surface area (Å²) >= 11 is 0. The maximum absolute atomic E-state index is 11.2. The Morgan fingerprint density at radius 1 is 0.500 bits per heavy atom. The Morgan fingerprint density at radius 3 is 1.39 bits per heavy atom. The van der Waals surface area contributed by atoms with Crippen LogP contribution in [0.4, 0.5) is 0 Å². The lowest BCUT2D eigenvalue weighted by Crippen LogP contribution is -2.67. The largest absolute Gasteiger partial charge is 0.508 e. The number of rotatable bonds is 3. The summed E-state index contributed by atoms with van der Waals surface area (Å²) in [6.45, 7) is 0. The van der Waals surface area contributed by atoms with Crippen LogP contribution in [0.25, 0.3) is 0 Å². The highest BCUT2D eigenvalue weighted by atomic mass is 16.3. The molecule has 8 aliphatic rings. The first-order valence-electron chi connectivity index (χ1n) is 14.3. The molecule has 0 saturated heterocycles. The van der Waals surface area contributed by atoms with Gasteiger partial charge in [-0.2, -0.15) is 0 Å². The summed E-state index contributed by atoms with van der Waals surface area (Å²) in [5.41, 5.74) is 2.31. The van der Waals surface area contributed by atoms with Gasteiger partial charge in [-0.25, -0.2) is 0 Å². The molecule has 4 nitrogen and oxygen atoms in total. The molecule has 2 unspecified atom stereocenters. The van der Waals surface area contributed by atoms with Crippen LogP contribution in [0.1, 0.15) is 88.2 Å². The lowest BCUT2D eigenvalue weighted by molar-refractivity contribution is -0.213. The van der Waals surface area contributed by atoms with E-state index in [-0.39, 0.29) is 39.2 Å². The topological polar surface area (TPSA) is 80.9 Å². The van der Waals surface area contributed by atoms with Crippen molar-refractivity contribution in [3.05, 3.63) is 47.5 Å². The number of hydrogen-bond donors (Lipinski definition) is 4. The number of hydrogen-bond acceptors (Lipinski definition) is 4. The highest BCUT2D eigenvalue weighted by molar-refractivity contribution is 5.51. The molecule has 0 aliphatic heterocycles. The fourth-order valence-electron chi connectivity index (χ4n) is 12.3. The van der Waals surface area contributed by atoms with Crippen molar-refractivity contribution in [3.8, 4) is 23.0 Å². The zero-order valence-corrected chi connectivity index (χ0v) is 21.0. The molecule has 0 spiro atoms. The van der Waals surface area contributed by atoms with Gasteiger partial charge in [0.15, 0.2) is 0 Å². The Kier molecular flexibility index (Phi) is 4.06. The van der Waals surface area contributed by atoms with Gasteiger partial charge in [-0.3, -0.25) is 0 Å². The number of phenols is 4. The van der Waals surface area contributed by atoms with E-state index in [0.717, 1.165) is 61.0 Å². The van der Waals surface area contributed by atoms with Crippen molar-refractivity contribution in [2.45, 2.75) is 87.9 Å². The Morgan fingerprint density at radius 2 is 0.944 bits per heavy atom. The summed E-state index contributed by atoms with van der Waals surface area (Å²) in [7, 11) is 0. The van der Waals surface area contributed by atoms with E-state index in [1.165, 1.54) is 57.1 Å². The van der Waals surface area contributed by atoms with Gasteiger partial charge in [0.1, 0.15) is 23.0 Å². The standard InChI is InChI=1S/C32H38O4/c33-23-1-3-25(27(35)8-23)29-10-22-11-30(16-29,26-4-2-24(34)9-28(26)36)18-32(15-22,17-29)31-12-19-5-20(13-31)7-21(6-19)14-31/h1-4,8-9,19-22,33-36H,5-7,10-18H2. The molecule has 0 radical (unpaired) electrons. The van der Waals surface area contributed by atoms with Gasteiger partial charge in [0.25, 0.3) is 0 Å². The lowest BCUT2D eigenvalue weighted by atomic mass is 9.29. The monoisotopic (exact) mass is 486 g/mol. The summed E-state index contributed by atoms with van der Waals surface area (Å²) in [6, 6.07) is 10.5. The van der Waals surface area contributed by atoms with E-state index in [0.29, 0.717) is 11.3 Å². The summed E-state index contributed by atoms with van der Waals surface area (Å²) < 4.78 is 0. The van der Waals surface area contributed by atoms with Crippen molar-refractivity contribution in [1.29, 1.82) is 0 Å².